The number of nitrogens with one attached hydrogen (secondary N) is 1. The maximum atomic E-state index is 11.9. The van der Waals surface area contributed by atoms with Crippen molar-refractivity contribution < 1.29 is 4.79 Å². The van der Waals surface area contributed by atoms with Crippen LogP contribution in [-0.2, 0) is 17.8 Å². The maximum Gasteiger partial charge on any atom is 0.220 e. The zero-order valence-electron chi connectivity index (χ0n) is 14.0. The first-order valence-corrected chi connectivity index (χ1v) is 9.73. The highest BCUT2D eigenvalue weighted by molar-refractivity contribution is 7.07. The van der Waals surface area contributed by atoms with Crippen LogP contribution in [0, 0.1) is 0 Å². The SMILES string of the molecule is O=C(CCc1ccsc1)NCc1ccc(N2CCCCCC2)nc1. The maximum absolute atomic E-state index is 11.9. The summed E-state index contributed by atoms with van der Waals surface area (Å²) in [5.74, 6) is 1.15. The lowest BCUT2D eigenvalue weighted by Crippen LogP contribution is -2.25. The molecular formula is C19H25N3OS. The number of amides is 1. The number of rotatable bonds is 6. The predicted octanol–water partition coefficient (Wildman–Crippen LogP) is 3.77. The molecule has 2 aromatic rings. The molecule has 5 heteroatoms. The lowest BCUT2D eigenvalue weighted by Gasteiger charge is -2.21. The van der Waals surface area contributed by atoms with Crippen LogP contribution < -0.4 is 10.2 Å². The highest BCUT2D eigenvalue weighted by Gasteiger charge is 2.11. The molecule has 0 spiro atoms. The van der Waals surface area contributed by atoms with Gasteiger partial charge in [-0.3, -0.25) is 4.79 Å². The normalized spacial score (nSPS) is 15.1. The van der Waals surface area contributed by atoms with E-state index < -0.39 is 0 Å². The van der Waals surface area contributed by atoms with Crippen molar-refractivity contribution >= 4 is 23.1 Å². The van der Waals surface area contributed by atoms with Crippen LogP contribution >= 0.6 is 11.3 Å². The van der Waals surface area contributed by atoms with E-state index in [1.54, 1.807) is 11.3 Å². The molecule has 0 saturated carbocycles. The fraction of sp³-hybridized carbons (Fsp3) is 0.474. The molecule has 1 amide bonds. The third kappa shape index (κ3) is 5.06. The quantitative estimate of drug-likeness (QED) is 0.868. The standard InChI is InChI=1S/C19H25N3OS/c23-19(8-6-16-9-12-24-15-16)21-14-17-5-7-18(20-13-17)22-10-3-1-2-4-11-22/h5,7,9,12-13,15H,1-4,6,8,10-11,14H2,(H,21,23). The first-order valence-electron chi connectivity index (χ1n) is 8.79. The molecule has 0 aliphatic carbocycles. The third-order valence-electron chi connectivity index (χ3n) is 4.45. The van der Waals surface area contributed by atoms with E-state index in [4.69, 9.17) is 0 Å². The fourth-order valence-corrected chi connectivity index (χ4v) is 3.69. The van der Waals surface area contributed by atoms with Crippen LogP contribution in [0.4, 0.5) is 5.82 Å². The van der Waals surface area contributed by atoms with Crippen LogP contribution in [0.5, 0.6) is 0 Å². The van der Waals surface area contributed by atoms with Gasteiger partial charge in [-0.05, 0) is 53.3 Å². The molecule has 3 rings (SSSR count). The van der Waals surface area contributed by atoms with E-state index in [1.165, 1.54) is 31.2 Å². The number of hydrogen-bond donors (Lipinski definition) is 1. The Kier molecular flexibility index (Phi) is 6.24. The average molecular weight is 343 g/mol. The summed E-state index contributed by atoms with van der Waals surface area (Å²) in [5, 5.41) is 7.12. The van der Waals surface area contributed by atoms with Crippen LogP contribution in [0.3, 0.4) is 0 Å². The largest absolute Gasteiger partial charge is 0.357 e. The molecule has 1 fully saturated rings. The second-order valence-corrected chi connectivity index (χ2v) is 7.11. The van der Waals surface area contributed by atoms with E-state index in [1.807, 2.05) is 11.6 Å². The van der Waals surface area contributed by atoms with E-state index in [0.29, 0.717) is 13.0 Å². The second kappa shape index (κ2) is 8.83. The van der Waals surface area contributed by atoms with Gasteiger partial charge in [0.1, 0.15) is 5.82 Å². The Bertz CT molecular complexity index is 617. The Labute approximate surface area is 147 Å². The number of nitrogens with zero attached hydrogens (tertiary/aromatic N) is 2. The minimum atomic E-state index is 0.0952. The first-order chi connectivity index (χ1) is 11.8. The lowest BCUT2D eigenvalue weighted by molar-refractivity contribution is -0.121. The Hall–Kier alpha value is -1.88. The van der Waals surface area contributed by atoms with Crippen molar-refractivity contribution in [3.63, 3.8) is 0 Å². The zero-order chi connectivity index (χ0) is 16.6. The number of aromatic nitrogens is 1. The number of carbonyl (C=O) groups excluding carboxylic acids is 1. The summed E-state index contributed by atoms with van der Waals surface area (Å²) in [4.78, 5) is 18.9. The summed E-state index contributed by atoms with van der Waals surface area (Å²) in [5.41, 5.74) is 2.29. The molecule has 4 nitrogen and oxygen atoms in total. The van der Waals surface area contributed by atoms with Crippen LogP contribution in [0.15, 0.2) is 35.2 Å². The summed E-state index contributed by atoms with van der Waals surface area (Å²) in [6.45, 7) is 2.76. The number of anilines is 1. The Balaban J connectivity index is 1.44. The van der Waals surface area contributed by atoms with Crippen molar-refractivity contribution in [2.45, 2.75) is 45.1 Å². The summed E-state index contributed by atoms with van der Waals surface area (Å²) in [6.07, 6.45) is 8.39. The molecule has 1 N–H and O–H groups in total. The number of pyridine rings is 1. The van der Waals surface area contributed by atoms with Gasteiger partial charge in [-0.25, -0.2) is 4.98 Å². The van der Waals surface area contributed by atoms with Gasteiger partial charge in [0.25, 0.3) is 0 Å². The smallest absolute Gasteiger partial charge is 0.220 e. The first kappa shape index (κ1) is 17.0. The van der Waals surface area contributed by atoms with Crippen molar-refractivity contribution in [3.8, 4) is 0 Å². The van der Waals surface area contributed by atoms with Gasteiger partial charge in [-0.15, -0.1) is 0 Å². The summed E-state index contributed by atoms with van der Waals surface area (Å²) < 4.78 is 0. The molecule has 24 heavy (non-hydrogen) atoms. The van der Waals surface area contributed by atoms with E-state index in [-0.39, 0.29) is 5.91 Å². The molecule has 1 saturated heterocycles. The zero-order valence-corrected chi connectivity index (χ0v) is 14.9. The Morgan fingerprint density at radius 1 is 1.12 bits per heavy atom. The molecule has 128 valence electrons. The second-order valence-electron chi connectivity index (χ2n) is 6.33. The average Bonchev–Trinajstić information content (AvgIpc) is 2.99. The molecule has 0 aromatic carbocycles. The van der Waals surface area contributed by atoms with Crippen molar-refractivity contribution in [3.05, 3.63) is 46.3 Å². The van der Waals surface area contributed by atoms with Gasteiger partial charge in [0.15, 0.2) is 0 Å². The van der Waals surface area contributed by atoms with Gasteiger partial charge in [0.05, 0.1) is 0 Å². The minimum Gasteiger partial charge on any atom is -0.357 e. The van der Waals surface area contributed by atoms with Gasteiger partial charge in [-0.2, -0.15) is 11.3 Å². The van der Waals surface area contributed by atoms with Crippen LogP contribution in [-0.4, -0.2) is 24.0 Å². The third-order valence-corrected chi connectivity index (χ3v) is 5.18. The van der Waals surface area contributed by atoms with E-state index in [0.717, 1.165) is 30.9 Å². The number of hydrogen-bond acceptors (Lipinski definition) is 4. The van der Waals surface area contributed by atoms with Crippen LogP contribution in [0.1, 0.15) is 43.2 Å². The molecule has 2 aromatic heterocycles. The van der Waals surface area contributed by atoms with E-state index in [9.17, 15) is 4.79 Å². The molecule has 1 aliphatic rings. The molecule has 1 aliphatic heterocycles. The van der Waals surface area contributed by atoms with Gasteiger partial charge in [-0.1, -0.05) is 18.9 Å². The lowest BCUT2D eigenvalue weighted by atomic mass is 10.2. The van der Waals surface area contributed by atoms with E-state index >= 15 is 0 Å². The Morgan fingerprint density at radius 3 is 2.62 bits per heavy atom. The van der Waals surface area contributed by atoms with Crippen molar-refractivity contribution in [1.29, 1.82) is 0 Å². The van der Waals surface area contributed by atoms with Crippen LogP contribution in [0.25, 0.3) is 0 Å². The van der Waals surface area contributed by atoms with Gasteiger partial charge in [0, 0.05) is 32.3 Å². The predicted molar refractivity (Wildman–Crippen MR) is 99.4 cm³/mol. The number of thiophene rings is 1. The number of aryl methyl sites for hydroxylation is 1. The van der Waals surface area contributed by atoms with Crippen molar-refractivity contribution in [2.75, 3.05) is 18.0 Å². The molecule has 0 bridgehead atoms. The fourth-order valence-electron chi connectivity index (χ4n) is 2.99. The molecule has 3 heterocycles. The highest BCUT2D eigenvalue weighted by Crippen LogP contribution is 2.17. The summed E-state index contributed by atoms with van der Waals surface area (Å²) in [7, 11) is 0. The van der Waals surface area contributed by atoms with Crippen molar-refractivity contribution in [2.24, 2.45) is 0 Å². The number of carbonyl (C=O) groups is 1. The molecule has 0 radical (unpaired) electrons. The van der Waals surface area contributed by atoms with Gasteiger partial charge < -0.3 is 10.2 Å². The van der Waals surface area contributed by atoms with Crippen molar-refractivity contribution in [1.82, 2.24) is 10.3 Å². The molecule has 0 unspecified atom stereocenters. The van der Waals surface area contributed by atoms with Gasteiger partial charge in [0.2, 0.25) is 5.91 Å². The van der Waals surface area contributed by atoms with Gasteiger partial charge >= 0.3 is 0 Å². The highest BCUT2D eigenvalue weighted by atomic mass is 32.1. The molecular weight excluding hydrogens is 318 g/mol. The minimum absolute atomic E-state index is 0.0952. The summed E-state index contributed by atoms with van der Waals surface area (Å²) in [6, 6.07) is 6.23. The van der Waals surface area contributed by atoms with E-state index in [2.05, 4.69) is 38.8 Å². The Morgan fingerprint density at radius 2 is 1.96 bits per heavy atom. The molecule has 0 atom stereocenters. The topological polar surface area (TPSA) is 45.2 Å². The summed E-state index contributed by atoms with van der Waals surface area (Å²) >= 11 is 1.67. The van der Waals surface area contributed by atoms with Crippen LogP contribution in [0.2, 0.25) is 0 Å². The monoisotopic (exact) mass is 343 g/mol.